The van der Waals surface area contributed by atoms with Gasteiger partial charge in [-0.25, -0.2) is 0 Å². The summed E-state index contributed by atoms with van der Waals surface area (Å²) in [6.07, 6.45) is -4.19. The summed E-state index contributed by atoms with van der Waals surface area (Å²) in [5.74, 6) is 0.312. The van der Waals surface area contributed by atoms with E-state index < -0.39 is 23.9 Å². The van der Waals surface area contributed by atoms with Crippen molar-refractivity contribution in [2.24, 2.45) is 0 Å². The number of amides is 1. The van der Waals surface area contributed by atoms with E-state index in [0.29, 0.717) is 23.4 Å². The van der Waals surface area contributed by atoms with Crippen LogP contribution in [0.25, 0.3) is 10.9 Å². The highest BCUT2D eigenvalue weighted by atomic mass is 19.4. The Bertz CT molecular complexity index is 1470. The smallest absolute Gasteiger partial charge is 0.416 e. The summed E-state index contributed by atoms with van der Waals surface area (Å²) < 4.78 is 46.3. The average molecular weight is 523 g/mol. The summed E-state index contributed by atoms with van der Waals surface area (Å²) in [5, 5.41) is 3.82. The van der Waals surface area contributed by atoms with Crippen LogP contribution in [0.1, 0.15) is 58.2 Å². The molecule has 198 valence electrons. The van der Waals surface area contributed by atoms with Gasteiger partial charge < -0.3 is 14.6 Å². The SMILES string of the molecule is Cc1c(C)n(Cc2cccc(O[C@@H](C)C=O)c2)c2ccc(C(=O)N[C@@H](C)c3ccc(C(F)(F)F)cc3)cc12. The van der Waals surface area contributed by atoms with Crippen molar-refractivity contribution in [1.82, 2.24) is 9.88 Å². The number of hydrogen-bond acceptors (Lipinski definition) is 3. The number of carbonyl (C=O) groups is 2. The molecule has 0 spiro atoms. The minimum Gasteiger partial charge on any atom is -0.483 e. The number of aldehydes is 1. The number of carbonyl (C=O) groups excluding carboxylic acids is 2. The second-order valence-corrected chi connectivity index (χ2v) is 9.45. The van der Waals surface area contributed by atoms with Crippen LogP contribution in [0.4, 0.5) is 13.2 Å². The highest BCUT2D eigenvalue weighted by Gasteiger charge is 2.30. The quantitative estimate of drug-likeness (QED) is 0.260. The third-order valence-corrected chi connectivity index (χ3v) is 6.74. The molecule has 0 saturated carbocycles. The van der Waals surface area contributed by atoms with Gasteiger partial charge in [0.05, 0.1) is 11.6 Å². The topological polar surface area (TPSA) is 60.3 Å². The van der Waals surface area contributed by atoms with Gasteiger partial charge in [0, 0.05) is 28.7 Å². The fourth-order valence-electron chi connectivity index (χ4n) is 4.46. The Morgan fingerprint density at radius 3 is 2.39 bits per heavy atom. The molecule has 0 radical (unpaired) electrons. The molecule has 0 bridgehead atoms. The molecular formula is C30H29F3N2O3. The first kappa shape index (κ1) is 27.0. The third-order valence-electron chi connectivity index (χ3n) is 6.74. The van der Waals surface area contributed by atoms with E-state index in [0.717, 1.165) is 46.1 Å². The first-order chi connectivity index (χ1) is 18.0. The number of benzene rings is 3. The van der Waals surface area contributed by atoms with Crippen molar-refractivity contribution in [3.8, 4) is 5.75 Å². The molecule has 3 aromatic carbocycles. The molecule has 8 heteroatoms. The van der Waals surface area contributed by atoms with E-state index in [1.807, 2.05) is 50.2 Å². The molecule has 4 aromatic rings. The van der Waals surface area contributed by atoms with Crippen LogP contribution in [0.15, 0.2) is 66.7 Å². The number of nitrogens with zero attached hydrogens (tertiary/aromatic N) is 1. The van der Waals surface area contributed by atoms with Gasteiger partial charge in [-0.1, -0.05) is 24.3 Å². The van der Waals surface area contributed by atoms with Crippen molar-refractivity contribution < 1.29 is 27.5 Å². The van der Waals surface area contributed by atoms with E-state index in [2.05, 4.69) is 9.88 Å². The molecule has 1 amide bonds. The summed E-state index contributed by atoms with van der Waals surface area (Å²) >= 11 is 0. The van der Waals surface area contributed by atoms with Crippen LogP contribution < -0.4 is 10.1 Å². The summed E-state index contributed by atoms with van der Waals surface area (Å²) in [6, 6.07) is 17.4. The van der Waals surface area contributed by atoms with Gasteiger partial charge in [0.1, 0.15) is 5.75 Å². The molecule has 0 aliphatic carbocycles. The normalized spacial score (nSPS) is 13.2. The predicted molar refractivity (Wildman–Crippen MR) is 140 cm³/mol. The Balaban J connectivity index is 1.54. The number of ether oxygens (including phenoxy) is 1. The predicted octanol–water partition coefficient (Wildman–Crippen LogP) is 6.78. The molecule has 4 rings (SSSR count). The number of aryl methyl sites for hydroxylation is 1. The van der Waals surface area contributed by atoms with Crippen molar-refractivity contribution in [2.75, 3.05) is 0 Å². The summed E-state index contributed by atoms with van der Waals surface area (Å²) in [5.41, 5.74) is 4.41. The minimum absolute atomic E-state index is 0.307. The molecule has 5 nitrogen and oxygen atoms in total. The molecule has 38 heavy (non-hydrogen) atoms. The van der Waals surface area contributed by atoms with Gasteiger partial charge in [0.25, 0.3) is 5.91 Å². The largest absolute Gasteiger partial charge is 0.483 e. The Morgan fingerprint density at radius 1 is 1.03 bits per heavy atom. The van der Waals surface area contributed by atoms with E-state index >= 15 is 0 Å². The summed E-state index contributed by atoms with van der Waals surface area (Å²) in [6.45, 7) is 8.03. The minimum atomic E-state index is -4.40. The van der Waals surface area contributed by atoms with Gasteiger partial charge >= 0.3 is 6.18 Å². The van der Waals surface area contributed by atoms with Crippen LogP contribution in [-0.4, -0.2) is 22.9 Å². The molecule has 0 unspecified atom stereocenters. The number of alkyl halides is 3. The van der Waals surface area contributed by atoms with E-state index in [-0.39, 0.29) is 5.91 Å². The van der Waals surface area contributed by atoms with Crippen molar-refractivity contribution in [3.63, 3.8) is 0 Å². The Hall–Kier alpha value is -4.07. The lowest BCUT2D eigenvalue weighted by Crippen LogP contribution is -2.26. The maximum atomic E-state index is 13.0. The Labute approximate surface area is 219 Å². The Morgan fingerprint density at radius 2 is 1.74 bits per heavy atom. The van der Waals surface area contributed by atoms with Gasteiger partial charge in [-0.2, -0.15) is 13.2 Å². The van der Waals surface area contributed by atoms with Crippen LogP contribution in [-0.2, 0) is 17.5 Å². The zero-order chi connectivity index (χ0) is 27.6. The first-order valence-corrected chi connectivity index (χ1v) is 12.3. The van der Waals surface area contributed by atoms with Crippen LogP contribution in [0, 0.1) is 13.8 Å². The Kier molecular flexibility index (Phi) is 7.62. The van der Waals surface area contributed by atoms with Gasteiger partial charge in [-0.3, -0.25) is 9.59 Å². The summed E-state index contributed by atoms with van der Waals surface area (Å²) in [7, 11) is 0. The third kappa shape index (κ3) is 5.74. The fourth-order valence-corrected chi connectivity index (χ4v) is 4.46. The number of halogens is 3. The maximum absolute atomic E-state index is 13.0. The molecule has 0 aliphatic heterocycles. The van der Waals surface area contributed by atoms with E-state index in [4.69, 9.17) is 4.74 Å². The lowest BCUT2D eigenvalue weighted by Gasteiger charge is -2.16. The number of fused-ring (bicyclic) bond motifs is 1. The maximum Gasteiger partial charge on any atom is 0.416 e. The fraction of sp³-hybridized carbons (Fsp3) is 0.267. The van der Waals surface area contributed by atoms with Crippen molar-refractivity contribution in [3.05, 3.63) is 100 Å². The van der Waals surface area contributed by atoms with Crippen LogP contribution in [0.3, 0.4) is 0 Å². The molecule has 0 aliphatic rings. The molecule has 1 N–H and O–H groups in total. The number of hydrogen-bond donors (Lipinski definition) is 1. The second kappa shape index (κ2) is 10.7. The number of rotatable bonds is 8. The van der Waals surface area contributed by atoms with Crippen LogP contribution in [0.5, 0.6) is 5.75 Å². The number of nitrogens with one attached hydrogen (secondary N) is 1. The molecule has 2 atom stereocenters. The molecule has 0 fully saturated rings. The lowest BCUT2D eigenvalue weighted by atomic mass is 10.0. The molecule has 1 heterocycles. The van der Waals surface area contributed by atoms with Gasteiger partial charge in [0.15, 0.2) is 12.4 Å². The average Bonchev–Trinajstić information content (AvgIpc) is 3.12. The number of aromatic nitrogens is 1. The van der Waals surface area contributed by atoms with Gasteiger partial charge in [-0.15, -0.1) is 0 Å². The lowest BCUT2D eigenvalue weighted by molar-refractivity contribution is -0.137. The van der Waals surface area contributed by atoms with Gasteiger partial charge in [-0.05, 0) is 86.8 Å². The highest BCUT2D eigenvalue weighted by molar-refractivity contribution is 5.99. The first-order valence-electron chi connectivity index (χ1n) is 12.3. The standard InChI is InChI=1S/C30H29F3N2O3/c1-18(17-36)38-26-7-5-6-22(14-26)16-35-21(4)19(2)27-15-24(10-13-28(27)35)29(37)34-20(3)23-8-11-25(12-9-23)30(31,32)33/h5-15,17-18,20H,16H2,1-4H3,(H,34,37)/t18-,20-/m0/s1. The van der Waals surface area contributed by atoms with Gasteiger partial charge in [0.2, 0.25) is 0 Å². The zero-order valence-electron chi connectivity index (χ0n) is 21.6. The molecule has 0 saturated heterocycles. The summed E-state index contributed by atoms with van der Waals surface area (Å²) in [4.78, 5) is 23.9. The van der Waals surface area contributed by atoms with E-state index in [1.165, 1.54) is 12.1 Å². The van der Waals surface area contributed by atoms with Crippen LogP contribution in [0.2, 0.25) is 0 Å². The van der Waals surface area contributed by atoms with Crippen molar-refractivity contribution in [1.29, 1.82) is 0 Å². The van der Waals surface area contributed by atoms with Crippen LogP contribution >= 0.6 is 0 Å². The van der Waals surface area contributed by atoms with Crippen molar-refractivity contribution in [2.45, 2.75) is 52.6 Å². The van der Waals surface area contributed by atoms with Crippen molar-refractivity contribution >= 4 is 23.1 Å². The molecular weight excluding hydrogens is 493 g/mol. The molecule has 1 aromatic heterocycles. The highest BCUT2D eigenvalue weighted by Crippen LogP contribution is 2.31. The monoisotopic (exact) mass is 522 g/mol. The second-order valence-electron chi connectivity index (χ2n) is 9.45. The zero-order valence-corrected chi connectivity index (χ0v) is 21.6. The van der Waals surface area contributed by atoms with E-state index in [9.17, 15) is 22.8 Å². The van der Waals surface area contributed by atoms with E-state index in [1.54, 1.807) is 19.9 Å².